The molecule has 16 rings (SSSR count). The van der Waals surface area contributed by atoms with Gasteiger partial charge in [0.05, 0.1) is 56.3 Å². The first-order valence-corrected chi connectivity index (χ1v) is 33.8. The Morgan fingerprint density at radius 2 is 0.917 bits per heavy atom. The van der Waals surface area contributed by atoms with E-state index in [-0.39, 0.29) is 67.3 Å². The molecular weight excluding hydrogens is 1230 g/mol. The molecule has 4 N–H and O–H groups in total. The number of para-hydroxylation sites is 8. The first-order chi connectivity index (χ1) is 45.8. The van der Waals surface area contributed by atoms with Gasteiger partial charge in [0.2, 0.25) is 11.8 Å². The summed E-state index contributed by atoms with van der Waals surface area (Å²) in [5.41, 5.74) is 8.39. The van der Waals surface area contributed by atoms with Gasteiger partial charge in [-0.2, -0.15) is 4.39 Å². The minimum Gasteiger partial charge on any atom is -1.00 e. The molecule has 21 heteroatoms. The van der Waals surface area contributed by atoms with Crippen LogP contribution in [0.5, 0.6) is 5.88 Å². The van der Waals surface area contributed by atoms with E-state index >= 15 is 0 Å². The Morgan fingerprint density at radius 1 is 0.510 bits per heavy atom. The first kappa shape index (κ1) is 69.9. The number of hydrogen-bond donors (Lipinski definition) is 4. The molecule has 4 saturated carbocycles. The van der Waals surface area contributed by atoms with Crippen LogP contribution in [0.1, 0.15) is 197 Å². The molecule has 19 nitrogen and oxygen atoms in total. The summed E-state index contributed by atoms with van der Waals surface area (Å²) in [6.07, 6.45) is 13.4. The number of hydrogen-bond acceptors (Lipinski definition) is 15. The fourth-order valence-electron chi connectivity index (χ4n) is 13.3. The van der Waals surface area contributed by atoms with Gasteiger partial charge in [-0.25, -0.2) is 48.6 Å². The molecule has 6 aromatic heterocycles. The molecule has 8 heterocycles. The second kappa shape index (κ2) is 31.0. The van der Waals surface area contributed by atoms with Gasteiger partial charge in [-0.3, -0.25) is 0 Å². The van der Waals surface area contributed by atoms with Crippen LogP contribution in [0.25, 0.3) is 44.1 Å². The molecule has 6 aliphatic rings. The Bertz CT molecular complexity index is 4040. The summed E-state index contributed by atoms with van der Waals surface area (Å²) in [4.78, 5) is 58.5. The summed E-state index contributed by atoms with van der Waals surface area (Å²) >= 11 is 0. The first-order valence-electron chi connectivity index (χ1n) is 33.8. The number of halogens is 1. The molecule has 6 fully saturated rings. The Balaban J connectivity index is 0.000000134. The summed E-state index contributed by atoms with van der Waals surface area (Å²) < 4.78 is 44.5. The summed E-state index contributed by atoms with van der Waals surface area (Å²) in [5, 5.41) is 18.7. The van der Waals surface area contributed by atoms with E-state index in [9.17, 15) is 24.2 Å². The maximum atomic E-state index is 13.2. The Kier molecular flexibility index (Phi) is 22.6. The zero-order chi connectivity index (χ0) is 66.4. The van der Waals surface area contributed by atoms with Gasteiger partial charge in [0.15, 0.2) is 0 Å². The third-order valence-corrected chi connectivity index (χ3v) is 18.5. The minimum atomic E-state index is -0.557. The second-order valence-electron chi connectivity index (χ2n) is 28.2. The van der Waals surface area contributed by atoms with Crippen molar-refractivity contribution in [3.8, 4) is 5.88 Å². The molecule has 0 radical (unpaired) electrons. The molecule has 2 aliphatic heterocycles. The number of rotatable bonds is 8. The van der Waals surface area contributed by atoms with Gasteiger partial charge < -0.3 is 45.3 Å². The molecule has 96 heavy (non-hydrogen) atoms. The molecule has 4 aromatic carbocycles. The average molecular weight is 1320 g/mol. The van der Waals surface area contributed by atoms with Gasteiger partial charge in [0.25, 0.3) is 0 Å². The quantitative estimate of drug-likeness (QED) is 0.0817. The third-order valence-electron chi connectivity index (χ3n) is 18.5. The smallest absolute Gasteiger partial charge is 1.00 e. The van der Waals surface area contributed by atoms with Crippen molar-refractivity contribution in [2.24, 2.45) is 5.92 Å². The zero-order valence-corrected chi connectivity index (χ0v) is 58.5. The van der Waals surface area contributed by atoms with Crippen LogP contribution >= 0.6 is 0 Å². The molecule has 2 saturated heterocycles. The van der Waals surface area contributed by atoms with E-state index in [0.29, 0.717) is 54.2 Å². The number of nitrogens with zero attached hydrogens (tertiary/aromatic N) is 8. The van der Waals surface area contributed by atoms with E-state index in [2.05, 4.69) is 60.0 Å². The van der Waals surface area contributed by atoms with Crippen molar-refractivity contribution >= 4 is 56.3 Å². The number of carbonyl (C=O) groups excluding carboxylic acids is 2. The van der Waals surface area contributed by atoms with Crippen LogP contribution in [0.15, 0.2) is 134 Å². The number of pyridine rings is 2. The van der Waals surface area contributed by atoms with Crippen molar-refractivity contribution in [3.05, 3.63) is 174 Å². The molecule has 0 spiro atoms. The average Bonchev–Trinajstić information content (AvgIpc) is 1.65. The molecule has 502 valence electrons. The number of carbonyl (C=O) groups is 2. The Morgan fingerprint density at radius 3 is 1.36 bits per heavy atom. The van der Waals surface area contributed by atoms with E-state index in [0.717, 1.165) is 164 Å². The second-order valence-corrected chi connectivity index (χ2v) is 28.2. The predicted octanol–water partition coefficient (Wildman–Crippen LogP) is 12.6. The van der Waals surface area contributed by atoms with E-state index in [1.165, 1.54) is 11.8 Å². The minimum absolute atomic E-state index is 0. The Labute approximate surface area is 583 Å². The number of aromatic nitrogens is 10. The zero-order valence-electron chi connectivity index (χ0n) is 57.5. The molecule has 0 unspecified atom stereocenters. The maximum Gasteiger partial charge on any atom is 1.00 e. The number of benzene rings is 4. The van der Waals surface area contributed by atoms with Gasteiger partial charge in [0.1, 0.15) is 40.6 Å². The number of imidazole rings is 4. The van der Waals surface area contributed by atoms with Crippen molar-refractivity contribution in [3.63, 3.8) is 0 Å². The maximum absolute atomic E-state index is 13.2. The number of aliphatic hydroxyl groups is 2. The van der Waals surface area contributed by atoms with Crippen LogP contribution in [0, 0.1) is 11.9 Å². The van der Waals surface area contributed by atoms with Crippen molar-refractivity contribution < 1.29 is 78.9 Å². The number of H-pyrrole nitrogens is 2. The van der Waals surface area contributed by atoms with Crippen LogP contribution in [0.3, 0.4) is 0 Å². The van der Waals surface area contributed by atoms with Gasteiger partial charge in [-0.15, -0.1) is 0 Å². The van der Waals surface area contributed by atoms with Crippen molar-refractivity contribution in [1.82, 2.24) is 49.0 Å². The van der Waals surface area contributed by atoms with E-state index in [1.807, 2.05) is 145 Å². The van der Waals surface area contributed by atoms with Crippen LogP contribution in [0.4, 0.5) is 14.0 Å². The van der Waals surface area contributed by atoms with Gasteiger partial charge >= 0.3 is 41.7 Å². The van der Waals surface area contributed by atoms with Crippen molar-refractivity contribution in [2.45, 2.75) is 191 Å². The molecular formula is C75H90FN10NaO9. The van der Waals surface area contributed by atoms with Crippen LogP contribution in [-0.4, -0.2) is 127 Å². The number of aliphatic hydroxyl groups excluding tert-OH is 2. The molecule has 10 aromatic rings. The summed E-state index contributed by atoms with van der Waals surface area (Å²) in [7, 11) is 0. The topological polar surface area (TPSA) is 240 Å². The number of nitrogens with one attached hydrogen (secondary N) is 2. The van der Waals surface area contributed by atoms with Crippen LogP contribution in [0.2, 0.25) is 0 Å². The standard InChI is InChI=1S/C21H23N3O2.C17H22N2O2.C16H20N2O3.C11H12N2O.C10H12FNO.Na.H/c1-2-6-19-18(5-1)23-20(24-19)15-12-16(13-15)26-21-17(4-3-9-22-21)14-7-10-25-11-8-14;1-11-9-12(10-11)15-18-13-7-5-6-8-14(13)19(15)16(20)21-17(2,3)4;1-16(2,3)21-15(20)18-13-7-5-4-6-12(13)17-14(18)10-8-11(19)9-10;14-8-5-7(6-8)11-12-9-3-1-2-4-10(9)13-11;11-10-9(2-1-5-12-10)8-3-6-13-7-4-8;;/h1-6,9,14-16H,7-8,10-13H2,(H,23,24);5-8,11-12H,9-10H2,1-4H3;4-7,10-11,19H,8-9H2,1-3H3;1-4,7-8,14H,5-6H2,(H,12,13);1-2,5,8H,3-4,6-7H2;;/q;;;;;+1;-1. The van der Waals surface area contributed by atoms with Crippen LogP contribution < -0.4 is 34.3 Å². The monoisotopic (exact) mass is 1320 g/mol. The molecule has 4 aliphatic carbocycles. The Hall–Kier alpha value is -7.43. The van der Waals surface area contributed by atoms with Gasteiger partial charge in [0, 0.05) is 73.6 Å². The number of ether oxygens (including phenoxy) is 5. The summed E-state index contributed by atoms with van der Waals surface area (Å²) in [6.45, 7) is 16.5. The third kappa shape index (κ3) is 17.1. The molecule has 0 atom stereocenters. The predicted molar refractivity (Wildman–Crippen MR) is 364 cm³/mol. The fourth-order valence-corrected chi connectivity index (χ4v) is 13.3. The normalized spacial score (nSPS) is 22.5. The fraction of sp³-hybridized carbons (Fsp3) is 0.467. The van der Waals surface area contributed by atoms with Crippen molar-refractivity contribution in [2.75, 3.05) is 26.4 Å². The summed E-state index contributed by atoms with van der Waals surface area (Å²) in [6, 6.07) is 39.3. The van der Waals surface area contributed by atoms with E-state index < -0.39 is 17.3 Å². The SMILES string of the molecule is CC(C)(C)OC(=O)n1c(C2CC(O)C2)nc2ccccc21.CC1CC(c2nc3ccccc3n2C(=O)OC(C)(C)C)C1.Fc1ncccc1C1CCOCC1.OC1CC(c2nc3ccccc3[nH]2)C1.[H-].[Na+].c1cnc(OC2CC(c3nc4ccccc4[nH]3)C2)c(C2CCOCC2)c1. The number of fused-ring (bicyclic) bond motifs is 4. The largest absolute Gasteiger partial charge is 1.00 e. The van der Waals surface area contributed by atoms with Crippen molar-refractivity contribution in [1.29, 1.82) is 0 Å². The molecule has 0 amide bonds. The van der Waals surface area contributed by atoms with E-state index in [1.54, 1.807) is 15.2 Å². The van der Waals surface area contributed by atoms with Gasteiger partial charge in [-0.1, -0.05) is 67.6 Å². The van der Waals surface area contributed by atoms with Gasteiger partial charge in [-0.05, 0) is 197 Å². The van der Waals surface area contributed by atoms with Crippen LogP contribution in [-0.2, 0) is 18.9 Å². The summed E-state index contributed by atoms with van der Waals surface area (Å²) in [5.74, 6) is 6.98. The van der Waals surface area contributed by atoms with E-state index in [4.69, 9.17) is 28.7 Å². The number of aromatic amines is 2. The molecule has 0 bridgehead atoms.